The first-order valence-electron chi connectivity index (χ1n) is 8.56. The molecule has 0 radical (unpaired) electrons. The van der Waals surface area contributed by atoms with Crippen LogP contribution in [0.3, 0.4) is 0 Å². The predicted octanol–water partition coefficient (Wildman–Crippen LogP) is 2.93. The fraction of sp³-hybridized carbons (Fsp3) is 0.353. The van der Waals surface area contributed by atoms with Crippen LogP contribution in [0.1, 0.15) is 26.7 Å². The average molecular weight is 392 g/mol. The minimum Gasteiger partial charge on any atom is -0.332 e. The SMILES string of the molecule is CCCn1c(=O)c2[nH]c(-c3ccc(Cl)c([N+](=O)[O-])c3)nc2n(CCC)c1=O. The highest BCUT2D eigenvalue weighted by molar-refractivity contribution is 6.32. The fourth-order valence-corrected chi connectivity index (χ4v) is 3.14. The summed E-state index contributed by atoms with van der Waals surface area (Å²) >= 11 is 5.85. The molecule has 3 aromatic rings. The van der Waals surface area contributed by atoms with Gasteiger partial charge >= 0.3 is 5.69 Å². The molecule has 0 aliphatic rings. The van der Waals surface area contributed by atoms with Crippen LogP contribution in [0, 0.1) is 10.1 Å². The Kier molecular flexibility index (Phi) is 5.13. The summed E-state index contributed by atoms with van der Waals surface area (Å²) < 4.78 is 2.64. The number of aromatic nitrogens is 4. The lowest BCUT2D eigenvalue weighted by Crippen LogP contribution is -2.40. The molecule has 9 nitrogen and oxygen atoms in total. The molecule has 27 heavy (non-hydrogen) atoms. The second kappa shape index (κ2) is 7.36. The van der Waals surface area contributed by atoms with E-state index in [9.17, 15) is 19.7 Å². The third-order valence-electron chi connectivity index (χ3n) is 4.17. The van der Waals surface area contributed by atoms with Crippen LogP contribution in [-0.4, -0.2) is 24.0 Å². The summed E-state index contributed by atoms with van der Waals surface area (Å²) in [7, 11) is 0. The lowest BCUT2D eigenvalue weighted by molar-refractivity contribution is -0.384. The van der Waals surface area contributed by atoms with Gasteiger partial charge < -0.3 is 4.98 Å². The molecule has 1 aromatic carbocycles. The molecule has 0 saturated carbocycles. The Bertz CT molecular complexity index is 1140. The molecule has 0 atom stereocenters. The van der Waals surface area contributed by atoms with Crippen LogP contribution in [0.2, 0.25) is 5.02 Å². The maximum atomic E-state index is 12.7. The van der Waals surface area contributed by atoms with Crippen molar-refractivity contribution in [2.24, 2.45) is 0 Å². The Balaban J connectivity index is 2.29. The van der Waals surface area contributed by atoms with Crippen LogP contribution < -0.4 is 11.2 Å². The first kappa shape index (κ1) is 18.8. The van der Waals surface area contributed by atoms with Gasteiger partial charge in [0.15, 0.2) is 5.65 Å². The Morgan fingerprint density at radius 1 is 1.19 bits per heavy atom. The van der Waals surface area contributed by atoms with Gasteiger partial charge in [-0.05, 0) is 25.0 Å². The van der Waals surface area contributed by atoms with E-state index in [1.165, 1.54) is 21.3 Å². The van der Waals surface area contributed by atoms with E-state index in [-0.39, 0.29) is 27.7 Å². The van der Waals surface area contributed by atoms with Gasteiger partial charge in [-0.1, -0.05) is 25.4 Å². The Hall–Kier alpha value is -2.94. The summed E-state index contributed by atoms with van der Waals surface area (Å²) in [6.45, 7) is 4.51. The molecule has 10 heteroatoms. The molecule has 0 aliphatic heterocycles. The number of hydrogen-bond acceptors (Lipinski definition) is 5. The van der Waals surface area contributed by atoms with Crippen molar-refractivity contribution in [2.45, 2.75) is 39.8 Å². The minimum absolute atomic E-state index is 0.00746. The third kappa shape index (κ3) is 3.25. The van der Waals surface area contributed by atoms with Crippen molar-refractivity contribution in [2.75, 3.05) is 0 Å². The van der Waals surface area contributed by atoms with Crippen molar-refractivity contribution in [3.05, 3.63) is 54.2 Å². The second-order valence-electron chi connectivity index (χ2n) is 6.10. The summed E-state index contributed by atoms with van der Waals surface area (Å²) in [6.07, 6.45) is 1.32. The van der Waals surface area contributed by atoms with E-state index in [1.54, 1.807) is 6.07 Å². The predicted molar refractivity (Wildman–Crippen MR) is 102 cm³/mol. The van der Waals surface area contributed by atoms with Gasteiger partial charge in [0.05, 0.1) is 4.92 Å². The summed E-state index contributed by atoms with van der Waals surface area (Å²) in [5.74, 6) is 0.264. The monoisotopic (exact) mass is 391 g/mol. The van der Waals surface area contributed by atoms with E-state index in [1.807, 2.05) is 13.8 Å². The molecular weight excluding hydrogens is 374 g/mol. The molecule has 142 valence electrons. The van der Waals surface area contributed by atoms with E-state index in [0.717, 1.165) is 0 Å². The zero-order valence-electron chi connectivity index (χ0n) is 14.9. The number of aromatic amines is 1. The number of H-pyrrole nitrogens is 1. The van der Waals surface area contributed by atoms with E-state index in [0.29, 0.717) is 31.5 Å². The molecule has 0 amide bonds. The second-order valence-corrected chi connectivity index (χ2v) is 6.51. The van der Waals surface area contributed by atoms with Crippen molar-refractivity contribution >= 4 is 28.5 Å². The topological polar surface area (TPSA) is 116 Å². The number of aryl methyl sites for hydroxylation is 1. The number of nitro benzene ring substituents is 1. The molecule has 2 heterocycles. The molecule has 0 saturated heterocycles. The molecule has 2 aromatic heterocycles. The number of imidazole rings is 1. The van der Waals surface area contributed by atoms with Gasteiger partial charge in [0.25, 0.3) is 11.2 Å². The lowest BCUT2D eigenvalue weighted by atomic mass is 10.2. The number of nitro groups is 1. The third-order valence-corrected chi connectivity index (χ3v) is 4.49. The summed E-state index contributed by atoms with van der Waals surface area (Å²) in [6, 6.07) is 4.25. The van der Waals surface area contributed by atoms with Crippen molar-refractivity contribution < 1.29 is 4.92 Å². The van der Waals surface area contributed by atoms with E-state index in [2.05, 4.69) is 9.97 Å². The molecule has 0 bridgehead atoms. The van der Waals surface area contributed by atoms with Crippen LogP contribution >= 0.6 is 11.6 Å². The number of benzene rings is 1. The van der Waals surface area contributed by atoms with E-state index >= 15 is 0 Å². The smallest absolute Gasteiger partial charge is 0.332 e. The van der Waals surface area contributed by atoms with Crippen LogP contribution in [0.5, 0.6) is 0 Å². The number of nitrogens with one attached hydrogen (secondary N) is 1. The lowest BCUT2D eigenvalue weighted by Gasteiger charge is -2.09. The molecule has 0 aliphatic carbocycles. The van der Waals surface area contributed by atoms with Gasteiger partial charge in [0.1, 0.15) is 16.4 Å². The van der Waals surface area contributed by atoms with Gasteiger partial charge in [-0.2, -0.15) is 0 Å². The molecule has 3 rings (SSSR count). The van der Waals surface area contributed by atoms with Gasteiger partial charge in [0.2, 0.25) is 0 Å². The van der Waals surface area contributed by atoms with E-state index < -0.39 is 16.2 Å². The van der Waals surface area contributed by atoms with E-state index in [4.69, 9.17) is 11.6 Å². The largest absolute Gasteiger partial charge is 0.332 e. The highest BCUT2D eigenvalue weighted by atomic mass is 35.5. The molecule has 0 fully saturated rings. The zero-order valence-corrected chi connectivity index (χ0v) is 15.6. The van der Waals surface area contributed by atoms with Crippen molar-refractivity contribution in [1.82, 2.24) is 19.1 Å². The van der Waals surface area contributed by atoms with Crippen LogP contribution in [0.4, 0.5) is 5.69 Å². The normalized spacial score (nSPS) is 11.2. The summed E-state index contributed by atoms with van der Waals surface area (Å²) in [5.41, 5.74) is -0.276. The number of nitrogens with zero attached hydrogens (tertiary/aromatic N) is 4. The first-order chi connectivity index (χ1) is 12.9. The van der Waals surface area contributed by atoms with Gasteiger partial charge in [-0.25, -0.2) is 9.78 Å². The maximum absolute atomic E-state index is 12.7. The maximum Gasteiger partial charge on any atom is 0.332 e. The number of fused-ring (bicyclic) bond motifs is 1. The highest BCUT2D eigenvalue weighted by Crippen LogP contribution is 2.29. The first-order valence-corrected chi connectivity index (χ1v) is 8.94. The van der Waals surface area contributed by atoms with Crippen molar-refractivity contribution in [1.29, 1.82) is 0 Å². The number of hydrogen-bond donors (Lipinski definition) is 1. The van der Waals surface area contributed by atoms with Crippen LogP contribution in [-0.2, 0) is 13.1 Å². The Morgan fingerprint density at radius 2 is 1.85 bits per heavy atom. The molecule has 0 spiro atoms. The van der Waals surface area contributed by atoms with Crippen LogP contribution in [0.15, 0.2) is 27.8 Å². The van der Waals surface area contributed by atoms with Gasteiger partial charge in [0, 0.05) is 24.7 Å². The average Bonchev–Trinajstić information content (AvgIpc) is 3.08. The van der Waals surface area contributed by atoms with Crippen molar-refractivity contribution in [3.8, 4) is 11.4 Å². The minimum atomic E-state index is -0.588. The summed E-state index contributed by atoms with van der Waals surface area (Å²) in [5, 5.41) is 11.1. The van der Waals surface area contributed by atoms with Crippen LogP contribution in [0.25, 0.3) is 22.6 Å². The highest BCUT2D eigenvalue weighted by Gasteiger charge is 2.19. The van der Waals surface area contributed by atoms with Crippen molar-refractivity contribution in [3.63, 3.8) is 0 Å². The number of halogens is 1. The summed E-state index contributed by atoms with van der Waals surface area (Å²) in [4.78, 5) is 43.2. The number of rotatable bonds is 6. The fourth-order valence-electron chi connectivity index (χ4n) is 2.95. The molecule has 0 unspecified atom stereocenters. The Labute approximate surface area is 158 Å². The quantitative estimate of drug-likeness (QED) is 0.512. The van der Waals surface area contributed by atoms with Gasteiger partial charge in [-0.3, -0.25) is 24.0 Å². The Morgan fingerprint density at radius 3 is 2.48 bits per heavy atom. The standard InChI is InChI=1S/C17H18ClN5O4/c1-3-7-21-15-13(16(24)22(8-4-2)17(21)25)19-14(20-15)10-5-6-11(18)12(9-10)23(26)27/h5-6,9H,3-4,7-8H2,1-2H3,(H,19,20). The zero-order chi connectivity index (χ0) is 19.7. The van der Waals surface area contributed by atoms with Gasteiger partial charge in [-0.15, -0.1) is 0 Å². The molecule has 1 N–H and O–H groups in total. The molecular formula is C17H18ClN5O4.